The Morgan fingerprint density at radius 3 is 3.00 bits per heavy atom. The van der Waals surface area contributed by atoms with Crippen molar-refractivity contribution < 1.29 is 9.18 Å². The second-order valence-electron chi connectivity index (χ2n) is 3.15. The zero-order valence-electron chi connectivity index (χ0n) is 8.21. The molecule has 0 saturated heterocycles. The molecule has 0 unspecified atom stereocenters. The van der Waals surface area contributed by atoms with Gasteiger partial charge in [-0.2, -0.15) is 0 Å². The van der Waals surface area contributed by atoms with Crippen LogP contribution in [0.2, 0.25) is 0 Å². The number of halogens is 1. The average molecular weight is 223 g/mol. The third-order valence-corrected chi connectivity index (χ3v) is 3.15. The lowest BCUT2D eigenvalue weighted by atomic mass is 10.2. The number of nitrogens with one attached hydrogen (secondary N) is 1. The Hall–Kier alpha value is -1.42. The van der Waals surface area contributed by atoms with E-state index in [0.29, 0.717) is 11.4 Å². The quantitative estimate of drug-likeness (QED) is 0.833. The standard InChI is InChI=1S/C11H10FNOS/c1-2-13-11(14)10-6-7-5-8(12)3-4-9(7)15-10/h3-6H,2H2,1H3,(H,13,14). The van der Waals surface area contributed by atoms with Gasteiger partial charge in [0.1, 0.15) is 5.82 Å². The molecular formula is C11H10FNOS. The van der Waals surface area contributed by atoms with E-state index in [1.54, 1.807) is 12.1 Å². The van der Waals surface area contributed by atoms with Gasteiger partial charge in [0.05, 0.1) is 4.88 Å². The molecule has 0 bridgehead atoms. The molecule has 1 amide bonds. The number of hydrogen-bond acceptors (Lipinski definition) is 2. The fourth-order valence-electron chi connectivity index (χ4n) is 1.37. The van der Waals surface area contributed by atoms with Crippen molar-refractivity contribution in [2.24, 2.45) is 0 Å². The van der Waals surface area contributed by atoms with Crippen molar-refractivity contribution in [3.05, 3.63) is 35.0 Å². The minimum atomic E-state index is -0.275. The maximum absolute atomic E-state index is 12.9. The van der Waals surface area contributed by atoms with Gasteiger partial charge in [-0.15, -0.1) is 11.3 Å². The van der Waals surface area contributed by atoms with Crippen molar-refractivity contribution in [1.29, 1.82) is 0 Å². The largest absolute Gasteiger partial charge is 0.352 e. The monoisotopic (exact) mass is 223 g/mol. The predicted octanol–water partition coefficient (Wildman–Crippen LogP) is 2.79. The summed E-state index contributed by atoms with van der Waals surface area (Å²) in [4.78, 5) is 12.1. The topological polar surface area (TPSA) is 29.1 Å². The van der Waals surface area contributed by atoms with Gasteiger partial charge < -0.3 is 5.32 Å². The van der Waals surface area contributed by atoms with Crippen LogP contribution in [-0.2, 0) is 0 Å². The second kappa shape index (κ2) is 3.98. The van der Waals surface area contributed by atoms with E-state index in [2.05, 4.69) is 5.32 Å². The maximum atomic E-state index is 12.9. The number of amides is 1. The molecule has 0 saturated carbocycles. The van der Waals surface area contributed by atoms with Gasteiger partial charge in [0.25, 0.3) is 5.91 Å². The van der Waals surface area contributed by atoms with E-state index in [1.165, 1.54) is 23.5 Å². The number of rotatable bonds is 2. The highest BCUT2D eigenvalue weighted by Gasteiger charge is 2.09. The molecule has 1 aromatic heterocycles. The fourth-order valence-corrected chi connectivity index (χ4v) is 2.33. The first-order valence-electron chi connectivity index (χ1n) is 4.68. The van der Waals surface area contributed by atoms with Crippen molar-refractivity contribution in [2.75, 3.05) is 6.54 Å². The van der Waals surface area contributed by atoms with Crippen LogP contribution in [-0.4, -0.2) is 12.5 Å². The summed E-state index contributed by atoms with van der Waals surface area (Å²) in [6.07, 6.45) is 0. The molecule has 0 spiro atoms. The van der Waals surface area contributed by atoms with Gasteiger partial charge in [0.15, 0.2) is 0 Å². The van der Waals surface area contributed by atoms with Crippen molar-refractivity contribution in [2.45, 2.75) is 6.92 Å². The Morgan fingerprint density at radius 2 is 2.27 bits per heavy atom. The van der Waals surface area contributed by atoms with E-state index in [-0.39, 0.29) is 11.7 Å². The Labute approximate surface area is 90.7 Å². The average Bonchev–Trinajstić information content (AvgIpc) is 2.60. The van der Waals surface area contributed by atoms with E-state index in [4.69, 9.17) is 0 Å². The number of fused-ring (bicyclic) bond motifs is 1. The van der Waals surface area contributed by atoms with Gasteiger partial charge >= 0.3 is 0 Å². The number of carbonyl (C=O) groups is 1. The Balaban J connectivity index is 2.42. The molecule has 0 aliphatic rings. The first-order valence-corrected chi connectivity index (χ1v) is 5.49. The van der Waals surface area contributed by atoms with E-state index in [9.17, 15) is 9.18 Å². The molecule has 1 aromatic carbocycles. The molecule has 2 rings (SSSR count). The van der Waals surface area contributed by atoms with E-state index < -0.39 is 0 Å². The van der Waals surface area contributed by atoms with Crippen LogP contribution in [0.4, 0.5) is 4.39 Å². The van der Waals surface area contributed by atoms with Crippen LogP contribution in [0.25, 0.3) is 10.1 Å². The van der Waals surface area contributed by atoms with Crippen molar-refractivity contribution in [1.82, 2.24) is 5.32 Å². The third-order valence-electron chi connectivity index (χ3n) is 2.04. The third kappa shape index (κ3) is 1.99. The van der Waals surface area contributed by atoms with Gasteiger partial charge in [-0.05, 0) is 36.6 Å². The van der Waals surface area contributed by atoms with Gasteiger partial charge in [-0.1, -0.05) is 0 Å². The molecule has 0 radical (unpaired) electrons. The maximum Gasteiger partial charge on any atom is 0.261 e. The number of benzene rings is 1. The molecular weight excluding hydrogens is 213 g/mol. The van der Waals surface area contributed by atoms with Crippen molar-refractivity contribution in [3.63, 3.8) is 0 Å². The van der Waals surface area contributed by atoms with E-state index in [1.807, 2.05) is 6.92 Å². The summed E-state index contributed by atoms with van der Waals surface area (Å²) >= 11 is 1.38. The summed E-state index contributed by atoms with van der Waals surface area (Å²) in [5, 5.41) is 3.49. The summed E-state index contributed by atoms with van der Waals surface area (Å²) in [7, 11) is 0. The van der Waals surface area contributed by atoms with Gasteiger partial charge in [0, 0.05) is 11.2 Å². The lowest BCUT2D eigenvalue weighted by Gasteiger charge is -1.95. The molecule has 2 aromatic rings. The molecule has 0 fully saturated rings. The first kappa shape index (κ1) is 10.1. The minimum absolute atomic E-state index is 0.0980. The molecule has 1 heterocycles. The molecule has 0 aliphatic carbocycles. The smallest absolute Gasteiger partial charge is 0.261 e. The van der Waals surface area contributed by atoms with Gasteiger partial charge in [-0.3, -0.25) is 4.79 Å². The van der Waals surface area contributed by atoms with Crippen LogP contribution >= 0.6 is 11.3 Å². The molecule has 0 atom stereocenters. The number of carbonyl (C=O) groups excluding carboxylic acids is 1. The summed E-state index contributed by atoms with van der Waals surface area (Å²) in [6.45, 7) is 2.46. The highest BCUT2D eigenvalue weighted by Crippen LogP contribution is 2.26. The van der Waals surface area contributed by atoms with Crippen LogP contribution in [0.5, 0.6) is 0 Å². The lowest BCUT2D eigenvalue weighted by Crippen LogP contribution is -2.21. The SMILES string of the molecule is CCNC(=O)c1cc2cc(F)ccc2s1. The Kier molecular flexibility index (Phi) is 2.68. The van der Waals surface area contributed by atoms with Gasteiger partial charge in [-0.25, -0.2) is 4.39 Å². The normalized spacial score (nSPS) is 10.5. The van der Waals surface area contributed by atoms with Crippen LogP contribution in [0.15, 0.2) is 24.3 Å². The van der Waals surface area contributed by atoms with E-state index >= 15 is 0 Å². The summed E-state index contributed by atoms with van der Waals surface area (Å²) < 4.78 is 13.8. The first-order chi connectivity index (χ1) is 7.20. The molecule has 78 valence electrons. The lowest BCUT2D eigenvalue weighted by molar-refractivity contribution is 0.0960. The number of thiophene rings is 1. The van der Waals surface area contributed by atoms with E-state index in [0.717, 1.165) is 10.1 Å². The van der Waals surface area contributed by atoms with Crippen molar-refractivity contribution in [3.8, 4) is 0 Å². The summed E-state index contributed by atoms with van der Waals surface area (Å²) in [6, 6.07) is 6.25. The molecule has 15 heavy (non-hydrogen) atoms. The zero-order chi connectivity index (χ0) is 10.8. The highest BCUT2D eigenvalue weighted by molar-refractivity contribution is 7.20. The van der Waals surface area contributed by atoms with Crippen LogP contribution < -0.4 is 5.32 Å². The fraction of sp³-hybridized carbons (Fsp3) is 0.182. The predicted molar refractivity (Wildman–Crippen MR) is 59.8 cm³/mol. The summed E-state index contributed by atoms with van der Waals surface area (Å²) in [5.74, 6) is -0.373. The Bertz CT molecular complexity index is 506. The molecule has 2 nitrogen and oxygen atoms in total. The highest BCUT2D eigenvalue weighted by atomic mass is 32.1. The Morgan fingerprint density at radius 1 is 1.47 bits per heavy atom. The van der Waals surface area contributed by atoms with Crippen LogP contribution in [0.3, 0.4) is 0 Å². The zero-order valence-corrected chi connectivity index (χ0v) is 9.03. The number of hydrogen-bond donors (Lipinski definition) is 1. The van der Waals surface area contributed by atoms with Crippen molar-refractivity contribution >= 4 is 27.3 Å². The minimum Gasteiger partial charge on any atom is -0.352 e. The molecule has 4 heteroatoms. The van der Waals surface area contributed by atoms with Crippen LogP contribution in [0.1, 0.15) is 16.6 Å². The molecule has 1 N–H and O–H groups in total. The van der Waals surface area contributed by atoms with Crippen LogP contribution in [0, 0.1) is 5.82 Å². The summed E-state index contributed by atoms with van der Waals surface area (Å²) in [5.41, 5.74) is 0. The van der Waals surface area contributed by atoms with Gasteiger partial charge in [0.2, 0.25) is 0 Å². The molecule has 0 aliphatic heterocycles. The second-order valence-corrected chi connectivity index (χ2v) is 4.24.